The number of halogens is 1. The Morgan fingerprint density at radius 3 is 2.45 bits per heavy atom. The lowest BCUT2D eigenvalue weighted by Crippen LogP contribution is -2.57. The van der Waals surface area contributed by atoms with Crippen molar-refractivity contribution in [2.75, 3.05) is 71.4 Å². The van der Waals surface area contributed by atoms with Gasteiger partial charge in [0.25, 0.3) is 0 Å². The third-order valence-corrected chi connectivity index (χ3v) is 6.37. The van der Waals surface area contributed by atoms with Gasteiger partial charge in [-0.15, -0.1) is 0 Å². The lowest BCUT2D eigenvalue weighted by molar-refractivity contribution is -0.135. The van der Waals surface area contributed by atoms with E-state index in [2.05, 4.69) is 20.1 Å². The molecule has 1 amide bonds. The van der Waals surface area contributed by atoms with Gasteiger partial charge in [0.05, 0.1) is 11.7 Å². The number of hydrogen-bond donors (Lipinski definition) is 1. The van der Waals surface area contributed by atoms with Crippen LogP contribution in [0.1, 0.15) is 26.2 Å². The van der Waals surface area contributed by atoms with Gasteiger partial charge in [0.2, 0.25) is 5.91 Å². The van der Waals surface area contributed by atoms with Crippen LogP contribution in [0.2, 0.25) is 0 Å². The first-order valence-electron chi connectivity index (χ1n) is 11.5. The zero-order valence-electron chi connectivity index (χ0n) is 19.2. The van der Waals surface area contributed by atoms with Gasteiger partial charge in [-0.25, -0.2) is 4.39 Å². The number of carbonyl (C=O) groups is 1. The third-order valence-electron chi connectivity index (χ3n) is 6.37. The summed E-state index contributed by atoms with van der Waals surface area (Å²) < 4.78 is 13.9. The van der Waals surface area contributed by atoms with Crippen LogP contribution in [0.4, 0.5) is 10.1 Å². The highest BCUT2D eigenvalue weighted by Gasteiger charge is 2.30. The van der Waals surface area contributed by atoms with Crippen molar-refractivity contribution in [2.24, 2.45) is 4.99 Å². The second kappa shape index (κ2) is 11.3. The number of carbonyl (C=O) groups excluding carboxylic acids is 1. The Labute approximate surface area is 185 Å². The number of aliphatic imine (C=N–C) groups is 1. The number of rotatable bonds is 7. The molecule has 0 aromatic heterocycles. The van der Waals surface area contributed by atoms with Gasteiger partial charge < -0.3 is 20.0 Å². The molecule has 7 nitrogen and oxygen atoms in total. The summed E-state index contributed by atoms with van der Waals surface area (Å²) in [7, 11) is 3.72. The van der Waals surface area contributed by atoms with Gasteiger partial charge >= 0.3 is 0 Å². The fraction of sp³-hybridized carbons (Fsp3) is 0.652. The van der Waals surface area contributed by atoms with E-state index in [0.29, 0.717) is 5.69 Å². The van der Waals surface area contributed by atoms with Gasteiger partial charge in [-0.1, -0.05) is 12.1 Å². The number of nitrogens with zero attached hydrogens (tertiary/aromatic N) is 5. The van der Waals surface area contributed by atoms with E-state index in [1.54, 1.807) is 19.2 Å². The first-order chi connectivity index (χ1) is 15.0. The molecule has 1 aromatic rings. The molecule has 2 aliphatic heterocycles. The van der Waals surface area contributed by atoms with Crippen molar-refractivity contribution in [1.82, 2.24) is 20.0 Å². The second-order valence-electron chi connectivity index (χ2n) is 8.43. The fourth-order valence-corrected chi connectivity index (χ4v) is 4.41. The minimum absolute atomic E-state index is 0.0517. The topological polar surface area (TPSA) is 54.4 Å². The van der Waals surface area contributed by atoms with Crippen LogP contribution in [0.15, 0.2) is 29.3 Å². The van der Waals surface area contributed by atoms with Gasteiger partial charge in [-0.3, -0.25) is 14.7 Å². The van der Waals surface area contributed by atoms with E-state index in [9.17, 15) is 9.18 Å². The van der Waals surface area contributed by atoms with Crippen LogP contribution >= 0.6 is 0 Å². The summed E-state index contributed by atoms with van der Waals surface area (Å²) in [5.74, 6) is 0.975. The van der Waals surface area contributed by atoms with E-state index in [4.69, 9.17) is 0 Å². The number of piperazine rings is 1. The van der Waals surface area contributed by atoms with Crippen molar-refractivity contribution in [1.29, 1.82) is 0 Å². The predicted octanol–water partition coefficient (Wildman–Crippen LogP) is 1.86. The molecule has 2 aliphatic rings. The normalized spacial score (nSPS) is 18.9. The van der Waals surface area contributed by atoms with Crippen molar-refractivity contribution in [3.63, 3.8) is 0 Å². The van der Waals surface area contributed by atoms with Crippen LogP contribution in [0.25, 0.3) is 0 Å². The molecule has 1 unspecified atom stereocenters. The molecule has 1 atom stereocenters. The van der Waals surface area contributed by atoms with Crippen LogP contribution in [0.3, 0.4) is 0 Å². The summed E-state index contributed by atoms with van der Waals surface area (Å²) in [5.41, 5.74) is 0.626. The molecule has 1 aromatic carbocycles. The molecule has 2 fully saturated rings. The third kappa shape index (κ3) is 6.09. The summed E-state index contributed by atoms with van der Waals surface area (Å²) in [4.78, 5) is 25.6. The summed E-state index contributed by atoms with van der Waals surface area (Å²) in [6, 6.07) is 6.81. The molecule has 8 heteroatoms. The van der Waals surface area contributed by atoms with Crippen LogP contribution in [0.5, 0.6) is 0 Å². The van der Waals surface area contributed by atoms with Gasteiger partial charge in [0, 0.05) is 66.5 Å². The fourth-order valence-electron chi connectivity index (χ4n) is 4.41. The van der Waals surface area contributed by atoms with E-state index < -0.39 is 0 Å². The predicted molar refractivity (Wildman–Crippen MR) is 124 cm³/mol. The van der Waals surface area contributed by atoms with E-state index in [-0.39, 0.29) is 17.8 Å². The molecule has 2 saturated heterocycles. The maximum Gasteiger partial charge on any atom is 0.239 e. The van der Waals surface area contributed by atoms with Gasteiger partial charge in [0.1, 0.15) is 5.82 Å². The Bertz CT molecular complexity index is 743. The van der Waals surface area contributed by atoms with Crippen LogP contribution in [-0.2, 0) is 4.79 Å². The average Bonchev–Trinajstić information content (AvgIpc) is 3.33. The number of para-hydroxylation sites is 1. The molecule has 1 N–H and O–H groups in total. The maximum absolute atomic E-state index is 13.9. The first-order valence-corrected chi connectivity index (χ1v) is 11.5. The maximum atomic E-state index is 13.9. The molecule has 0 radical (unpaired) electrons. The molecule has 0 aliphatic carbocycles. The average molecular weight is 433 g/mol. The zero-order chi connectivity index (χ0) is 22.2. The van der Waals surface area contributed by atoms with Crippen molar-refractivity contribution in [3.8, 4) is 0 Å². The van der Waals surface area contributed by atoms with Crippen molar-refractivity contribution < 1.29 is 9.18 Å². The molecular weight excluding hydrogens is 395 g/mol. The summed E-state index contributed by atoms with van der Waals surface area (Å²) in [6.07, 6.45) is 3.14. The molecule has 0 bridgehead atoms. The minimum Gasteiger partial charge on any atom is -0.372 e. The van der Waals surface area contributed by atoms with E-state index in [0.717, 1.165) is 77.6 Å². The largest absolute Gasteiger partial charge is 0.372 e. The lowest BCUT2D eigenvalue weighted by Gasteiger charge is -2.39. The van der Waals surface area contributed by atoms with Crippen LogP contribution in [-0.4, -0.2) is 99.1 Å². The van der Waals surface area contributed by atoms with E-state index in [1.165, 1.54) is 6.07 Å². The number of nitrogens with one attached hydrogen (secondary N) is 1. The minimum atomic E-state index is -0.191. The second-order valence-corrected chi connectivity index (χ2v) is 8.43. The highest BCUT2D eigenvalue weighted by atomic mass is 19.1. The van der Waals surface area contributed by atoms with Gasteiger partial charge in [0.15, 0.2) is 5.96 Å². The van der Waals surface area contributed by atoms with Crippen LogP contribution < -0.4 is 10.2 Å². The molecular formula is C23H37FN6O. The molecule has 31 heavy (non-hydrogen) atoms. The van der Waals surface area contributed by atoms with Crippen molar-refractivity contribution in [3.05, 3.63) is 30.1 Å². The number of hydrogen-bond acceptors (Lipinski definition) is 4. The lowest BCUT2D eigenvalue weighted by atomic mass is 10.2. The molecule has 0 saturated carbocycles. The Morgan fingerprint density at radius 1 is 1.13 bits per heavy atom. The Hall–Kier alpha value is -2.35. The quantitative estimate of drug-likeness (QED) is 0.405. The van der Waals surface area contributed by atoms with Gasteiger partial charge in [-0.05, 0) is 38.3 Å². The van der Waals surface area contributed by atoms with E-state index >= 15 is 0 Å². The highest BCUT2D eigenvalue weighted by molar-refractivity contribution is 5.82. The highest BCUT2D eigenvalue weighted by Crippen LogP contribution is 2.17. The number of likely N-dealkylation sites (tertiary alicyclic amines) is 1. The number of guanidine groups is 1. The first kappa shape index (κ1) is 23.3. The number of benzene rings is 1. The SMILES string of the molecule is CN=C(NCCCN(C)c1ccccc1F)N1CCN(C(C)C(=O)N2CCCC2)CC1. The summed E-state index contributed by atoms with van der Waals surface area (Å²) in [5, 5.41) is 3.43. The smallest absolute Gasteiger partial charge is 0.239 e. The number of amides is 1. The standard InChI is InChI=1S/C23H37FN6O/c1-19(22(31)29-13-6-7-14-29)28-15-17-30(18-16-28)23(25-2)26-11-8-12-27(3)21-10-5-4-9-20(21)24/h4-5,9-10,19H,6-8,11-18H2,1-3H3,(H,25,26). The Morgan fingerprint density at radius 2 is 1.81 bits per heavy atom. The van der Waals surface area contributed by atoms with E-state index in [1.807, 2.05) is 29.8 Å². The Kier molecular flexibility index (Phi) is 8.51. The van der Waals surface area contributed by atoms with Crippen LogP contribution in [0, 0.1) is 5.82 Å². The molecule has 2 heterocycles. The molecule has 0 spiro atoms. The van der Waals surface area contributed by atoms with Crippen molar-refractivity contribution >= 4 is 17.6 Å². The summed E-state index contributed by atoms with van der Waals surface area (Å²) in [6.45, 7) is 8.81. The monoisotopic (exact) mass is 432 g/mol. The molecule has 3 rings (SSSR count). The number of anilines is 1. The zero-order valence-corrected chi connectivity index (χ0v) is 19.2. The van der Waals surface area contributed by atoms with Crippen molar-refractivity contribution in [2.45, 2.75) is 32.2 Å². The Balaban J connectivity index is 1.39. The summed E-state index contributed by atoms with van der Waals surface area (Å²) >= 11 is 0. The molecule has 172 valence electrons. The van der Waals surface area contributed by atoms with Gasteiger partial charge in [-0.2, -0.15) is 0 Å².